The summed E-state index contributed by atoms with van der Waals surface area (Å²) in [5.41, 5.74) is 0.713. The number of carboxylic acid groups (broad SMARTS) is 2. The number of piperidine rings is 1. The summed E-state index contributed by atoms with van der Waals surface area (Å²) in [6.45, 7) is 4.71. The third-order valence-electron chi connectivity index (χ3n) is 4.49. The van der Waals surface area contributed by atoms with Gasteiger partial charge in [-0.1, -0.05) is 23.2 Å². The lowest BCUT2D eigenvalue weighted by atomic mass is 9.93. The maximum absolute atomic E-state index is 12.6. The van der Waals surface area contributed by atoms with Crippen LogP contribution >= 0.6 is 23.2 Å². The minimum atomic E-state index is -1.26. The number of aliphatic carboxylic acids is 2. The Labute approximate surface area is 180 Å². The first kappa shape index (κ1) is 24.9. The van der Waals surface area contributed by atoms with E-state index in [1.807, 2.05) is 6.92 Å². The van der Waals surface area contributed by atoms with Gasteiger partial charge >= 0.3 is 11.9 Å². The topological polar surface area (TPSA) is 98.2 Å². The molecule has 0 radical (unpaired) electrons. The largest absolute Gasteiger partial charge is 0.478 e. The second-order valence-corrected chi connectivity index (χ2v) is 7.54. The molecule has 7 nitrogen and oxygen atoms in total. The van der Waals surface area contributed by atoms with E-state index >= 15 is 0 Å². The Morgan fingerprint density at radius 2 is 1.69 bits per heavy atom. The van der Waals surface area contributed by atoms with E-state index in [-0.39, 0.29) is 5.91 Å². The third-order valence-corrected chi connectivity index (χ3v) is 5.04. The van der Waals surface area contributed by atoms with E-state index in [1.54, 1.807) is 23.1 Å². The number of hydrogen-bond donors (Lipinski definition) is 2. The molecule has 2 N–H and O–H groups in total. The summed E-state index contributed by atoms with van der Waals surface area (Å²) in [5, 5.41) is 16.8. The third kappa shape index (κ3) is 9.30. The van der Waals surface area contributed by atoms with Gasteiger partial charge < -0.3 is 20.0 Å². The molecule has 2 rings (SSSR count). The van der Waals surface area contributed by atoms with E-state index in [1.165, 1.54) is 0 Å². The number of carboxylic acids is 2. The summed E-state index contributed by atoms with van der Waals surface area (Å²) in [7, 11) is 2.13. The van der Waals surface area contributed by atoms with Gasteiger partial charge in [-0.3, -0.25) is 4.79 Å². The number of likely N-dealkylation sites (tertiary alicyclic amines) is 1. The molecule has 0 atom stereocenters. The van der Waals surface area contributed by atoms with Gasteiger partial charge in [0.25, 0.3) is 0 Å². The monoisotopic (exact) mass is 444 g/mol. The van der Waals surface area contributed by atoms with Crippen LogP contribution in [-0.4, -0.2) is 59.6 Å². The standard InChI is InChI=1S/C16H22Cl2N2O.C4H4O4/c1-3-20(15-11-13(17)4-5-14(15)18)16(21)10-12-6-8-19(2)9-7-12;5-3(6)1-2-4(7)8/h4-5,11-12H,3,6-10H2,1-2H3;1-2H,(H,5,6)(H,7,8)/b;2-1+. The first-order valence-corrected chi connectivity index (χ1v) is 9.97. The summed E-state index contributed by atoms with van der Waals surface area (Å²) in [6.07, 6.45) is 3.88. The van der Waals surface area contributed by atoms with Gasteiger partial charge in [-0.2, -0.15) is 0 Å². The van der Waals surface area contributed by atoms with E-state index in [4.69, 9.17) is 33.4 Å². The molecular weight excluding hydrogens is 419 g/mol. The van der Waals surface area contributed by atoms with Gasteiger partial charge in [0, 0.05) is 30.1 Å². The van der Waals surface area contributed by atoms with Crippen LogP contribution in [0.2, 0.25) is 10.0 Å². The van der Waals surface area contributed by atoms with Gasteiger partial charge in [0.15, 0.2) is 0 Å². The van der Waals surface area contributed by atoms with E-state index in [0.29, 0.717) is 46.8 Å². The summed E-state index contributed by atoms with van der Waals surface area (Å²) >= 11 is 12.2. The second kappa shape index (κ2) is 12.5. The summed E-state index contributed by atoms with van der Waals surface area (Å²) in [5.74, 6) is -1.91. The van der Waals surface area contributed by atoms with Crippen LogP contribution in [0.1, 0.15) is 26.2 Å². The molecule has 0 unspecified atom stereocenters. The normalized spacial score (nSPS) is 14.9. The average molecular weight is 445 g/mol. The lowest BCUT2D eigenvalue weighted by Gasteiger charge is -2.30. The Kier molecular flexibility index (Phi) is 10.7. The molecule has 1 amide bonds. The van der Waals surface area contributed by atoms with E-state index in [9.17, 15) is 14.4 Å². The van der Waals surface area contributed by atoms with Crippen LogP contribution in [0.3, 0.4) is 0 Å². The van der Waals surface area contributed by atoms with Crippen LogP contribution in [0, 0.1) is 5.92 Å². The number of anilines is 1. The predicted octanol–water partition coefficient (Wildman–Crippen LogP) is 3.79. The van der Waals surface area contributed by atoms with Crippen molar-refractivity contribution in [2.45, 2.75) is 26.2 Å². The van der Waals surface area contributed by atoms with Crippen molar-refractivity contribution in [3.05, 3.63) is 40.4 Å². The maximum Gasteiger partial charge on any atom is 0.328 e. The van der Waals surface area contributed by atoms with Gasteiger partial charge in [0.2, 0.25) is 5.91 Å². The number of amides is 1. The highest BCUT2D eigenvalue weighted by Crippen LogP contribution is 2.30. The zero-order chi connectivity index (χ0) is 22.0. The van der Waals surface area contributed by atoms with E-state index < -0.39 is 11.9 Å². The molecule has 0 aliphatic carbocycles. The van der Waals surface area contributed by atoms with Gasteiger partial charge in [0.1, 0.15) is 0 Å². The van der Waals surface area contributed by atoms with E-state index in [0.717, 1.165) is 25.9 Å². The van der Waals surface area contributed by atoms with Gasteiger partial charge in [-0.05, 0) is 64.0 Å². The lowest BCUT2D eigenvalue weighted by molar-refractivity contribution is -0.134. The molecule has 29 heavy (non-hydrogen) atoms. The minimum absolute atomic E-state index is 0.135. The summed E-state index contributed by atoms with van der Waals surface area (Å²) in [4.78, 5) is 35.8. The highest BCUT2D eigenvalue weighted by atomic mass is 35.5. The van der Waals surface area contributed by atoms with Gasteiger partial charge in [-0.25, -0.2) is 9.59 Å². The molecule has 1 aliphatic rings. The minimum Gasteiger partial charge on any atom is -0.478 e. The van der Waals surface area contributed by atoms with Crippen LogP contribution in [0.15, 0.2) is 30.4 Å². The number of carbonyl (C=O) groups is 3. The molecule has 160 valence electrons. The van der Waals surface area contributed by atoms with Crippen molar-refractivity contribution in [2.75, 3.05) is 31.6 Å². The van der Waals surface area contributed by atoms with E-state index in [2.05, 4.69) is 11.9 Å². The van der Waals surface area contributed by atoms with Crippen molar-refractivity contribution < 1.29 is 24.6 Å². The van der Waals surface area contributed by atoms with Gasteiger partial charge in [0.05, 0.1) is 10.7 Å². The van der Waals surface area contributed by atoms with Gasteiger partial charge in [-0.15, -0.1) is 0 Å². The fourth-order valence-corrected chi connectivity index (χ4v) is 3.33. The van der Waals surface area contributed by atoms with Crippen molar-refractivity contribution in [3.63, 3.8) is 0 Å². The van der Waals surface area contributed by atoms with Crippen molar-refractivity contribution in [1.82, 2.24) is 4.90 Å². The molecule has 1 aromatic rings. The smallest absolute Gasteiger partial charge is 0.328 e. The molecule has 1 heterocycles. The molecule has 1 saturated heterocycles. The Bertz CT molecular complexity index is 730. The van der Waals surface area contributed by atoms with Crippen LogP contribution in [-0.2, 0) is 14.4 Å². The molecule has 1 aromatic carbocycles. The predicted molar refractivity (Wildman–Crippen MR) is 114 cm³/mol. The van der Waals surface area contributed by atoms with Crippen LogP contribution in [0.5, 0.6) is 0 Å². The lowest BCUT2D eigenvalue weighted by Crippen LogP contribution is -2.36. The first-order valence-electron chi connectivity index (χ1n) is 9.21. The van der Waals surface area contributed by atoms with Crippen LogP contribution in [0.25, 0.3) is 0 Å². The fraction of sp³-hybridized carbons (Fsp3) is 0.450. The van der Waals surface area contributed by atoms with Crippen LogP contribution in [0.4, 0.5) is 5.69 Å². The molecule has 0 bridgehead atoms. The molecule has 0 aromatic heterocycles. The molecule has 9 heteroatoms. The number of carbonyl (C=O) groups excluding carboxylic acids is 1. The molecule has 0 saturated carbocycles. The second-order valence-electron chi connectivity index (χ2n) is 6.69. The highest BCUT2D eigenvalue weighted by Gasteiger charge is 2.23. The molecular formula is C20H26Cl2N2O5. The van der Waals surface area contributed by atoms with Crippen molar-refractivity contribution >= 4 is 46.7 Å². The molecule has 0 spiro atoms. The SMILES string of the molecule is CCN(C(=O)CC1CCN(C)CC1)c1cc(Cl)ccc1Cl.O=C(O)/C=C/C(=O)O. The highest BCUT2D eigenvalue weighted by molar-refractivity contribution is 6.35. The molecule has 1 aliphatic heterocycles. The van der Waals surface area contributed by atoms with Crippen molar-refractivity contribution in [3.8, 4) is 0 Å². The average Bonchev–Trinajstić information content (AvgIpc) is 2.66. The van der Waals surface area contributed by atoms with Crippen molar-refractivity contribution in [2.24, 2.45) is 5.92 Å². The number of hydrogen-bond acceptors (Lipinski definition) is 4. The quantitative estimate of drug-likeness (QED) is 0.647. The van der Waals surface area contributed by atoms with Crippen LogP contribution < -0.4 is 4.90 Å². The zero-order valence-electron chi connectivity index (χ0n) is 16.5. The summed E-state index contributed by atoms with van der Waals surface area (Å²) < 4.78 is 0. The summed E-state index contributed by atoms with van der Waals surface area (Å²) in [6, 6.07) is 5.24. The number of halogens is 2. The Morgan fingerprint density at radius 1 is 1.14 bits per heavy atom. The first-order chi connectivity index (χ1) is 13.6. The zero-order valence-corrected chi connectivity index (χ0v) is 18.0. The molecule has 1 fully saturated rings. The maximum atomic E-state index is 12.6. The number of benzene rings is 1. The Hall–Kier alpha value is -2.09. The van der Waals surface area contributed by atoms with Crippen molar-refractivity contribution in [1.29, 1.82) is 0 Å². The number of rotatable bonds is 6. The Morgan fingerprint density at radius 3 is 2.17 bits per heavy atom. The number of nitrogens with zero attached hydrogens (tertiary/aromatic N) is 2. The Balaban J connectivity index is 0.000000447. The fourth-order valence-electron chi connectivity index (χ4n) is 2.94.